The van der Waals surface area contributed by atoms with Crippen LogP contribution in [0.2, 0.25) is 5.02 Å². The minimum Gasteiger partial charge on any atom is -0.468 e. The van der Waals surface area contributed by atoms with E-state index in [1.165, 1.54) is 0 Å². The maximum atomic E-state index is 12.2. The fraction of sp³-hybridized carbons (Fsp3) is 0.267. The second-order valence-electron chi connectivity index (χ2n) is 4.23. The topological polar surface area (TPSA) is 40.5 Å². The molecular formula is C15H14ClINO3Y-. The van der Waals surface area contributed by atoms with Gasteiger partial charge in [0, 0.05) is 46.4 Å². The molecule has 0 unspecified atom stereocenters. The minimum absolute atomic E-state index is 0. The fourth-order valence-corrected chi connectivity index (χ4v) is 2.64. The van der Waals surface area contributed by atoms with Gasteiger partial charge in [-0.1, -0.05) is 22.9 Å². The van der Waals surface area contributed by atoms with Crippen molar-refractivity contribution in [3.05, 3.63) is 49.3 Å². The van der Waals surface area contributed by atoms with Gasteiger partial charge < -0.3 is 14.0 Å². The standard InChI is InChI=1S/C15H14ClINO3.Y/c1-3-18-14(7-6-13(17)15(18)19)11-5-4-10(8-12(11)16)21-9-20-2;/h4-6,8H,3,9H2,1-2H3;/q-1;. The minimum atomic E-state index is -0.0392. The van der Waals surface area contributed by atoms with E-state index in [4.69, 9.17) is 21.1 Å². The summed E-state index contributed by atoms with van der Waals surface area (Å²) in [5, 5.41) is 0.502. The van der Waals surface area contributed by atoms with Crippen LogP contribution < -0.4 is 10.3 Å². The molecule has 2 aromatic rings. The second-order valence-corrected chi connectivity index (χ2v) is 5.80. The Labute approximate surface area is 173 Å². The molecule has 115 valence electrons. The molecule has 1 heterocycles. The van der Waals surface area contributed by atoms with Gasteiger partial charge in [-0.25, -0.2) is 0 Å². The number of pyridine rings is 1. The number of aromatic nitrogens is 1. The van der Waals surface area contributed by atoms with Crippen molar-refractivity contribution in [3.63, 3.8) is 0 Å². The van der Waals surface area contributed by atoms with Gasteiger partial charge >= 0.3 is 0 Å². The predicted octanol–water partition coefficient (Wildman–Crippen LogP) is 3.57. The molecule has 0 spiro atoms. The Bertz CT molecular complexity index is 706. The molecule has 0 aliphatic carbocycles. The van der Waals surface area contributed by atoms with Crippen LogP contribution in [0.1, 0.15) is 6.92 Å². The van der Waals surface area contributed by atoms with Crippen LogP contribution in [-0.4, -0.2) is 18.5 Å². The Morgan fingerprint density at radius 1 is 1.41 bits per heavy atom. The van der Waals surface area contributed by atoms with E-state index < -0.39 is 0 Å². The molecule has 0 N–H and O–H groups in total. The first kappa shape index (κ1) is 20.1. The molecule has 0 bridgehead atoms. The maximum absolute atomic E-state index is 12.2. The zero-order valence-corrected chi connectivity index (χ0v) is 18.0. The largest absolute Gasteiger partial charge is 0.468 e. The number of methoxy groups -OCH3 is 1. The number of nitrogens with zero attached hydrogens (tertiary/aromatic N) is 1. The Morgan fingerprint density at radius 2 is 2.14 bits per heavy atom. The van der Waals surface area contributed by atoms with Gasteiger partial charge in [0.1, 0.15) is 5.75 Å². The molecular weight excluding hydrogens is 493 g/mol. The summed E-state index contributed by atoms with van der Waals surface area (Å²) in [5.41, 5.74) is 1.38. The first-order chi connectivity index (χ1) is 10.1. The van der Waals surface area contributed by atoms with Crippen LogP contribution in [0.4, 0.5) is 0 Å². The van der Waals surface area contributed by atoms with Crippen LogP contribution in [0.5, 0.6) is 5.75 Å². The fourth-order valence-electron chi connectivity index (χ4n) is 1.93. The second kappa shape index (κ2) is 9.37. The van der Waals surface area contributed by atoms with Crippen molar-refractivity contribution in [2.24, 2.45) is 0 Å². The Morgan fingerprint density at radius 3 is 2.73 bits per heavy atom. The normalized spacial score (nSPS) is 10.2. The molecule has 0 saturated carbocycles. The molecule has 0 aliphatic rings. The van der Waals surface area contributed by atoms with Crippen molar-refractivity contribution >= 4 is 34.2 Å². The number of ether oxygens (including phenoxy) is 2. The summed E-state index contributed by atoms with van der Waals surface area (Å²) in [7, 11) is 1.55. The van der Waals surface area contributed by atoms with Crippen molar-refractivity contribution in [2.75, 3.05) is 13.9 Å². The molecule has 1 aromatic carbocycles. The maximum Gasteiger partial charge on any atom is 0.207 e. The van der Waals surface area contributed by atoms with Crippen molar-refractivity contribution < 1.29 is 42.2 Å². The summed E-state index contributed by atoms with van der Waals surface area (Å²) in [6, 6.07) is 10.1. The van der Waals surface area contributed by atoms with E-state index >= 15 is 0 Å². The zero-order valence-electron chi connectivity index (χ0n) is 12.2. The van der Waals surface area contributed by atoms with Crippen LogP contribution in [0, 0.1) is 9.64 Å². The predicted molar refractivity (Wildman–Crippen MR) is 90.9 cm³/mol. The van der Waals surface area contributed by atoms with Gasteiger partial charge in [0.2, 0.25) is 5.56 Å². The van der Waals surface area contributed by atoms with Crippen molar-refractivity contribution in [3.8, 4) is 17.0 Å². The molecule has 0 aliphatic heterocycles. The molecule has 22 heavy (non-hydrogen) atoms. The molecule has 0 amide bonds. The number of rotatable bonds is 5. The smallest absolute Gasteiger partial charge is 0.207 e. The van der Waals surface area contributed by atoms with Crippen molar-refractivity contribution in [2.45, 2.75) is 13.5 Å². The molecule has 4 nitrogen and oxygen atoms in total. The summed E-state index contributed by atoms with van der Waals surface area (Å²) in [6.07, 6.45) is 0. The van der Waals surface area contributed by atoms with Gasteiger partial charge in [0.15, 0.2) is 6.79 Å². The molecule has 0 atom stereocenters. The molecule has 0 fully saturated rings. The van der Waals surface area contributed by atoms with E-state index in [1.807, 2.05) is 35.6 Å². The summed E-state index contributed by atoms with van der Waals surface area (Å²) in [5.74, 6) is 0.613. The van der Waals surface area contributed by atoms with E-state index in [1.54, 1.807) is 29.9 Å². The van der Waals surface area contributed by atoms with Crippen molar-refractivity contribution in [1.82, 2.24) is 4.57 Å². The van der Waals surface area contributed by atoms with E-state index in [-0.39, 0.29) is 45.1 Å². The van der Waals surface area contributed by atoms with Gasteiger partial charge in [0.05, 0.1) is 0 Å². The van der Waals surface area contributed by atoms with Gasteiger partial charge in [0.25, 0.3) is 0 Å². The zero-order chi connectivity index (χ0) is 15.4. The van der Waals surface area contributed by atoms with Gasteiger partial charge in [-0.3, -0.25) is 4.79 Å². The first-order valence-electron chi connectivity index (χ1n) is 6.31. The third kappa shape index (κ3) is 4.54. The quantitative estimate of drug-likeness (QED) is 0.353. The Hall–Kier alpha value is 0.0539. The Kier molecular flexibility index (Phi) is 8.56. The number of hydrogen-bond donors (Lipinski definition) is 0. The van der Waals surface area contributed by atoms with Crippen LogP contribution >= 0.6 is 34.2 Å². The Balaban J connectivity index is 0.00000242. The number of halogens is 2. The van der Waals surface area contributed by atoms with Gasteiger partial charge in [-0.15, -0.1) is 28.7 Å². The number of benzene rings is 1. The van der Waals surface area contributed by atoms with Crippen LogP contribution in [-0.2, 0) is 44.0 Å². The third-order valence-electron chi connectivity index (χ3n) is 2.91. The van der Waals surface area contributed by atoms with Crippen LogP contribution in [0.25, 0.3) is 11.3 Å². The summed E-state index contributed by atoms with van der Waals surface area (Å²) >= 11 is 8.31. The summed E-state index contributed by atoms with van der Waals surface area (Å²) < 4.78 is 12.5. The molecule has 2 rings (SSSR count). The van der Waals surface area contributed by atoms with Gasteiger partial charge in [-0.2, -0.15) is 12.1 Å². The average molecular weight is 508 g/mol. The molecule has 7 heteroatoms. The van der Waals surface area contributed by atoms with Crippen LogP contribution in [0.15, 0.2) is 29.1 Å². The summed E-state index contributed by atoms with van der Waals surface area (Å²) in [4.78, 5) is 12.2. The molecule has 1 aromatic heterocycles. The molecule has 1 radical (unpaired) electrons. The number of hydrogen-bond acceptors (Lipinski definition) is 3. The molecule has 0 saturated heterocycles. The third-order valence-corrected chi connectivity index (χ3v) is 4.00. The van der Waals surface area contributed by atoms with E-state index in [2.05, 4.69) is 6.07 Å². The van der Waals surface area contributed by atoms with E-state index in [0.717, 1.165) is 5.56 Å². The van der Waals surface area contributed by atoms with Crippen LogP contribution in [0.3, 0.4) is 0 Å². The van der Waals surface area contributed by atoms with E-state index in [9.17, 15) is 4.79 Å². The summed E-state index contributed by atoms with van der Waals surface area (Å²) in [6.45, 7) is 2.63. The monoisotopic (exact) mass is 507 g/mol. The first-order valence-corrected chi connectivity index (χ1v) is 7.76. The van der Waals surface area contributed by atoms with Gasteiger partial charge in [-0.05, 0) is 27.6 Å². The van der Waals surface area contributed by atoms with E-state index in [0.29, 0.717) is 26.6 Å². The van der Waals surface area contributed by atoms with Crippen molar-refractivity contribution in [1.29, 1.82) is 0 Å². The average Bonchev–Trinajstić information content (AvgIpc) is 2.48. The SMILES string of the molecule is CCn1c(-c2ccc(OCOC)cc2Cl)[c-]cc(I)c1=O.[Y].